The highest BCUT2D eigenvalue weighted by Crippen LogP contribution is 2.24. The Morgan fingerprint density at radius 3 is 2.32 bits per heavy atom. The molecule has 0 atom stereocenters. The van der Waals surface area contributed by atoms with Crippen molar-refractivity contribution in [1.29, 1.82) is 0 Å². The third-order valence-corrected chi connectivity index (χ3v) is 6.26. The first kappa shape index (κ1) is 19.4. The van der Waals surface area contributed by atoms with Crippen molar-refractivity contribution in [3.8, 4) is 0 Å². The van der Waals surface area contributed by atoms with E-state index in [2.05, 4.69) is 10.3 Å². The van der Waals surface area contributed by atoms with Crippen LogP contribution in [0.15, 0.2) is 11.2 Å². The predicted octanol–water partition coefficient (Wildman–Crippen LogP) is 0.109. The first-order chi connectivity index (χ1) is 11.4. The van der Waals surface area contributed by atoms with E-state index in [9.17, 15) is 18.0 Å². The van der Waals surface area contributed by atoms with Gasteiger partial charge < -0.3 is 15.0 Å². The first-order valence-corrected chi connectivity index (χ1v) is 9.44. The van der Waals surface area contributed by atoms with Gasteiger partial charge in [0.2, 0.25) is 5.91 Å². The number of piperidine rings is 1. The number of nitrogens with zero attached hydrogens (tertiary/aromatic N) is 3. The maximum Gasteiger partial charge on any atom is 0.328 e. The van der Waals surface area contributed by atoms with Gasteiger partial charge in [-0.2, -0.15) is 4.31 Å². The summed E-state index contributed by atoms with van der Waals surface area (Å²) in [6, 6.07) is 0. The average Bonchev–Trinajstić information content (AvgIpc) is 2.87. The van der Waals surface area contributed by atoms with E-state index in [1.165, 1.54) is 24.3 Å². The maximum absolute atomic E-state index is 12.6. The fourth-order valence-electron chi connectivity index (χ4n) is 2.60. The van der Waals surface area contributed by atoms with E-state index < -0.39 is 27.4 Å². The number of nitrogens with one attached hydrogen (secondary N) is 1. The zero-order valence-corrected chi connectivity index (χ0v) is 15.6. The molecule has 0 radical (unpaired) electrons. The second kappa shape index (κ2) is 6.75. The van der Waals surface area contributed by atoms with Crippen LogP contribution in [0, 0.1) is 12.8 Å². The van der Waals surface area contributed by atoms with Crippen LogP contribution in [0.25, 0.3) is 0 Å². The van der Waals surface area contributed by atoms with Crippen LogP contribution in [0.2, 0.25) is 0 Å². The Morgan fingerprint density at radius 2 is 1.88 bits per heavy atom. The van der Waals surface area contributed by atoms with Crippen LogP contribution in [-0.2, 0) is 26.7 Å². The molecule has 140 valence electrons. The van der Waals surface area contributed by atoms with Crippen molar-refractivity contribution in [1.82, 2.24) is 19.2 Å². The Bertz CT molecular complexity index is 756. The smallest absolute Gasteiger partial charge is 0.328 e. The molecule has 1 aliphatic rings. The zero-order valence-electron chi connectivity index (χ0n) is 14.8. The monoisotopic (exact) mass is 372 g/mol. The number of carbonyl (C=O) groups is 2. The molecule has 1 aliphatic heterocycles. The average molecular weight is 372 g/mol. The summed E-state index contributed by atoms with van der Waals surface area (Å²) in [4.78, 5) is 27.4. The van der Waals surface area contributed by atoms with Crippen LogP contribution in [0.3, 0.4) is 0 Å². The molecule has 1 amide bonds. The summed E-state index contributed by atoms with van der Waals surface area (Å²) in [6.07, 6.45) is 2.15. The van der Waals surface area contributed by atoms with E-state index in [4.69, 9.17) is 5.11 Å². The number of amides is 1. The molecule has 2 rings (SSSR count). The zero-order chi connectivity index (χ0) is 19.0. The molecule has 10 heteroatoms. The SMILES string of the molecule is Cc1nc(S(=O)(=O)N2CCC(C(=O)NC(C)(C)C(=O)O)CC2)cn1C. The van der Waals surface area contributed by atoms with Crippen molar-refractivity contribution < 1.29 is 23.1 Å². The van der Waals surface area contributed by atoms with Crippen LogP contribution in [0.1, 0.15) is 32.5 Å². The number of hydrogen-bond donors (Lipinski definition) is 2. The van der Waals surface area contributed by atoms with Gasteiger partial charge in [0.15, 0.2) is 5.03 Å². The molecule has 0 aliphatic carbocycles. The number of aliphatic carboxylic acids is 1. The summed E-state index contributed by atoms with van der Waals surface area (Å²) in [6.45, 7) is 4.94. The van der Waals surface area contributed by atoms with Crippen molar-refractivity contribution in [2.24, 2.45) is 13.0 Å². The quantitative estimate of drug-likeness (QED) is 0.756. The van der Waals surface area contributed by atoms with Crippen LogP contribution in [0.5, 0.6) is 0 Å². The Morgan fingerprint density at radius 1 is 1.32 bits per heavy atom. The Kier molecular flexibility index (Phi) is 5.24. The van der Waals surface area contributed by atoms with E-state index in [1.807, 2.05) is 0 Å². The van der Waals surface area contributed by atoms with Gasteiger partial charge in [0, 0.05) is 32.3 Å². The van der Waals surface area contributed by atoms with Gasteiger partial charge in [-0.25, -0.2) is 18.2 Å². The highest BCUT2D eigenvalue weighted by molar-refractivity contribution is 7.89. The van der Waals surface area contributed by atoms with Gasteiger partial charge in [-0.1, -0.05) is 0 Å². The lowest BCUT2D eigenvalue weighted by atomic mass is 9.95. The Hall–Kier alpha value is -1.94. The van der Waals surface area contributed by atoms with Gasteiger partial charge in [0.25, 0.3) is 10.0 Å². The van der Waals surface area contributed by atoms with E-state index in [0.717, 1.165) is 0 Å². The molecular weight excluding hydrogens is 348 g/mol. The number of sulfonamides is 1. The molecular formula is C15H24N4O5S. The molecule has 1 saturated heterocycles. The fourth-order valence-corrected chi connectivity index (χ4v) is 4.10. The minimum absolute atomic E-state index is 0.00223. The van der Waals surface area contributed by atoms with E-state index >= 15 is 0 Å². The molecule has 0 aromatic carbocycles. The second-order valence-corrected chi connectivity index (χ2v) is 8.72. The summed E-state index contributed by atoms with van der Waals surface area (Å²) >= 11 is 0. The van der Waals surface area contributed by atoms with Gasteiger partial charge in [0.05, 0.1) is 0 Å². The van der Waals surface area contributed by atoms with Gasteiger partial charge in [-0.15, -0.1) is 0 Å². The lowest BCUT2D eigenvalue weighted by Gasteiger charge is -2.31. The third-order valence-electron chi connectivity index (χ3n) is 4.49. The van der Waals surface area contributed by atoms with E-state index in [1.54, 1.807) is 18.5 Å². The normalized spacial score (nSPS) is 17.4. The molecule has 1 aromatic heterocycles. The topological polar surface area (TPSA) is 122 Å². The highest BCUT2D eigenvalue weighted by atomic mass is 32.2. The summed E-state index contributed by atoms with van der Waals surface area (Å²) < 4.78 is 28.2. The van der Waals surface area contributed by atoms with E-state index in [-0.39, 0.29) is 24.0 Å². The number of carboxylic acids is 1. The molecule has 9 nitrogen and oxygen atoms in total. The van der Waals surface area contributed by atoms with Gasteiger partial charge in [-0.3, -0.25) is 4.79 Å². The maximum atomic E-state index is 12.6. The Balaban J connectivity index is 2.01. The number of aromatic nitrogens is 2. The van der Waals surface area contributed by atoms with Crippen molar-refractivity contribution >= 4 is 21.9 Å². The minimum atomic E-state index is -3.69. The molecule has 25 heavy (non-hydrogen) atoms. The molecule has 2 heterocycles. The van der Waals surface area contributed by atoms with Crippen molar-refractivity contribution in [3.05, 3.63) is 12.0 Å². The van der Waals surface area contributed by atoms with Gasteiger partial charge >= 0.3 is 5.97 Å². The number of rotatable bonds is 5. The molecule has 2 N–H and O–H groups in total. The van der Waals surface area contributed by atoms with E-state index in [0.29, 0.717) is 18.7 Å². The minimum Gasteiger partial charge on any atom is -0.480 e. The molecule has 0 spiro atoms. The Labute approximate surface area is 147 Å². The number of imidazole rings is 1. The second-order valence-electron chi connectivity index (χ2n) is 6.84. The summed E-state index contributed by atoms with van der Waals surface area (Å²) in [5, 5.41) is 11.6. The number of hydrogen-bond acceptors (Lipinski definition) is 5. The largest absolute Gasteiger partial charge is 0.480 e. The van der Waals surface area contributed by atoms with Crippen LogP contribution in [-0.4, -0.2) is 57.9 Å². The summed E-state index contributed by atoms with van der Waals surface area (Å²) in [5.41, 5.74) is -1.36. The van der Waals surface area contributed by atoms with Crippen molar-refractivity contribution in [3.63, 3.8) is 0 Å². The first-order valence-electron chi connectivity index (χ1n) is 8.00. The number of aryl methyl sites for hydroxylation is 2. The van der Waals surface area contributed by atoms with Crippen LogP contribution >= 0.6 is 0 Å². The van der Waals surface area contributed by atoms with Crippen molar-refractivity contribution in [2.45, 2.75) is 44.2 Å². The highest BCUT2D eigenvalue weighted by Gasteiger charge is 2.36. The lowest BCUT2D eigenvalue weighted by molar-refractivity contribution is -0.146. The molecule has 0 bridgehead atoms. The summed E-state index contributed by atoms with van der Waals surface area (Å²) in [5.74, 6) is -1.29. The van der Waals surface area contributed by atoms with Gasteiger partial charge in [0.1, 0.15) is 11.4 Å². The van der Waals surface area contributed by atoms with Crippen LogP contribution < -0.4 is 5.32 Å². The summed E-state index contributed by atoms with van der Waals surface area (Å²) in [7, 11) is -1.96. The predicted molar refractivity (Wildman–Crippen MR) is 89.3 cm³/mol. The molecule has 1 fully saturated rings. The van der Waals surface area contributed by atoms with Gasteiger partial charge in [-0.05, 0) is 33.6 Å². The van der Waals surface area contributed by atoms with Crippen LogP contribution in [0.4, 0.5) is 0 Å². The number of carboxylic acid groups (broad SMARTS) is 1. The molecule has 0 saturated carbocycles. The third kappa shape index (κ3) is 4.01. The standard InChI is InChI=1S/C15H24N4O5S/c1-10-16-12(9-18(10)4)25(23,24)19-7-5-11(6-8-19)13(20)17-15(2,3)14(21)22/h9,11H,5-8H2,1-4H3,(H,17,20)(H,21,22). The molecule has 1 aromatic rings. The lowest BCUT2D eigenvalue weighted by Crippen LogP contribution is -2.53. The fraction of sp³-hybridized carbons (Fsp3) is 0.667. The molecule has 0 unspecified atom stereocenters. The van der Waals surface area contributed by atoms with Crippen molar-refractivity contribution in [2.75, 3.05) is 13.1 Å². The number of carbonyl (C=O) groups excluding carboxylic acids is 1.